The zero-order valence-electron chi connectivity index (χ0n) is 15.8. The zero-order valence-corrected chi connectivity index (χ0v) is 15.8. The van der Waals surface area contributed by atoms with Gasteiger partial charge in [-0.3, -0.25) is 0 Å². The maximum Gasteiger partial charge on any atom is 0.384 e. The van der Waals surface area contributed by atoms with Gasteiger partial charge in [-0.05, 0) is 6.42 Å². The van der Waals surface area contributed by atoms with Crippen molar-refractivity contribution in [2.45, 2.75) is 81.0 Å². The van der Waals surface area contributed by atoms with Gasteiger partial charge in [-0.2, -0.15) is 52.7 Å². The smallest absolute Gasteiger partial charge is 0.384 e. The van der Waals surface area contributed by atoms with Crippen LogP contribution in [0.2, 0.25) is 0 Å². The molecular weight excluding hydrogens is 452 g/mol. The van der Waals surface area contributed by atoms with Crippen molar-refractivity contribution in [1.82, 2.24) is 0 Å². The number of aliphatic hydroxyl groups is 1. The molecule has 1 N–H and O–H groups in total. The van der Waals surface area contributed by atoms with E-state index >= 15 is 0 Å². The predicted molar refractivity (Wildman–Crippen MR) is 81.0 cm³/mol. The molecule has 0 aromatic carbocycles. The van der Waals surface area contributed by atoms with Crippen LogP contribution in [0.4, 0.5) is 52.7 Å². The van der Waals surface area contributed by atoms with E-state index in [2.05, 4.69) is 4.74 Å². The van der Waals surface area contributed by atoms with Gasteiger partial charge >= 0.3 is 35.5 Å². The molecule has 0 heterocycles. The predicted octanol–water partition coefficient (Wildman–Crippen LogP) is 6.17. The molecule has 0 saturated carbocycles. The van der Waals surface area contributed by atoms with Gasteiger partial charge in [-0.15, -0.1) is 0 Å². The first-order valence-corrected chi connectivity index (χ1v) is 8.83. The lowest BCUT2D eigenvalue weighted by molar-refractivity contribution is -0.428. The Morgan fingerprint density at radius 1 is 0.567 bits per heavy atom. The monoisotopic (exact) mass is 474 g/mol. The fourth-order valence-electron chi connectivity index (χ4n) is 2.23. The lowest BCUT2D eigenvalue weighted by Crippen LogP contribution is -2.71. The average Bonchev–Trinajstić information content (AvgIpc) is 2.62. The third-order valence-electron chi connectivity index (χ3n) is 4.23. The average molecular weight is 474 g/mol. The maximum absolute atomic E-state index is 13.5. The van der Waals surface area contributed by atoms with Gasteiger partial charge in [-0.25, -0.2) is 0 Å². The van der Waals surface area contributed by atoms with E-state index in [0.29, 0.717) is 12.8 Å². The van der Waals surface area contributed by atoms with E-state index < -0.39 is 55.4 Å². The molecule has 0 aromatic heterocycles. The van der Waals surface area contributed by atoms with Gasteiger partial charge in [0.05, 0.1) is 0 Å². The van der Waals surface area contributed by atoms with Crippen molar-refractivity contribution < 1.29 is 62.5 Å². The van der Waals surface area contributed by atoms with E-state index in [-0.39, 0.29) is 6.42 Å². The molecule has 0 aromatic rings. The van der Waals surface area contributed by atoms with Gasteiger partial charge in [0.25, 0.3) is 0 Å². The number of unbranched alkanes of at least 4 members (excludes halogenated alkanes) is 5. The summed E-state index contributed by atoms with van der Waals surface area (Å²) in [6.45, 7) is -4.40. The molecule has 0 unspecified atom stereocenters. The Morgan fingerprint density at radius 3 is 1.40 bits per heavy atom. The molecule has 0 spiro atoms. The molecular formula is C16H22F12O2. The fraction of sp³-hybridized carbons (Fsp3) is 1.00. The molecule has 0 radical (unpaired) electrons. The molecule has 30 heavy (non-hydrogen) atoms. The fourth-order valence-corrected chi connectivity index (χ4v) is 2.23. The van der Waals surface area contributed by atoms with E-state index in [1.165, 1.54) is 0 Å². The number of hydrogen-bond acceptors (Lipinski definition) is 2. The Hall–Kier alpha value is -0.920. The molecule has 0 fully saturated rings. The highest BCUT2D eigenvalue weighted by Crippen LogP contribution is 2.59. The largest absolute Gasteiger partial charge is 0.390 e. The SMILES string of the molecule is CCCCCCCCOCC(F)(F)C(F)(F)C(F)(F)C(F)(F)C(F)(F)C(F)(F)CO. The van der Waals surface area contributed by atoms with Crippen molar-refractivity contribution in [3.05, 3.63) is 0 Å². The molecule has 14 heteroatoms. The molecule has 2 nitrogen and oxygen atoms in total. The quantitative estimate of drug-likeness (QED) is 0.227. The summed E-state index contributed by atoms with van der Waals surface area (Å²) >= 11 is 0. The Bertz CT molecular complexity index is 522. The Kier molecular flexibility index (Phi) is 9.82. The van der Waals surface area contributed by atoms with Crippen molar-refractivity contribution >= 4 is 0 Å². The van der Waals surface area contributed by atoms with Crippen LogP contribution in [0.15, 0.2) is 0 Å². The van der Waals surface area contributed by atoms with Crippen LogP contribution < -0.4 is 0 Å². The minimum absolute atomic E-state index is 0.0404. The number of hydrogen-bond donors (Lipinski definition) is 1. The standard InChI is InChI=1S/C16H22F12O2/c1-2-3-4-5-6-7-8-30-10-12(19,20)14(23,24)16(27,28)15(25,26)13(21,22)11(17,18)9-29/h29H,2-10H2,1H3. The molecule has 0 aliphatic carbocycles. The first-order valence-electron chi connectivity index (χ1n) is 8.83. The molecule has 0 amide bonds. The second-order valence-electron chi connectivity index (χ2n) is 6.68. The van der Waals surface area contributed by atoms with E-state index in [0.717, 1.165) is 19.3 Å². The van der Waals surface area contributed by atoms with Gasteiger partial charge in [0.1, 0.15) is 13.2 Å². The second kappa shape index (κ2) is 10.1. The Labute approximate surface area is 164 Å². The molecule has 0 rings (SSSR count). The van der Waals surface area contributed by atoms with Crippen LogP contribution in [0.25, 0.3) is 0 Å². The minimum atomic E-state index is -7.65. The molecule has 0 bridgehead atoms. The van der Waals surface area contributed by atoms with Crippen molar-refractivity contribution in [3.63, 3.8) is 0 Å². The van der Waals surface area contributed by atoms with Gasteiger partial charge in [0.2, 0.25) is 0 Å². The summed E-state index contributed by atoms with van der Waals surface area (Å²) in [5.74, 6) is -42.2. The minimum Gasteiger partial charge on any atom is -0.390 e. The highest BCUT2D eigenvalue weighted by atomic mass is 19.4. The highest BCUT2D eigenvalue weighted by molar-refractivity contribution is 5.11. The highest BCUT2D eigenvalue weighted by Gasteiger charge is 2.89. The number of rotatable bonds is 15. The lowest BCUT2D eigenvalue weighted by Gasteiger charge is -2.40. The summed E-state index contributed by atoms with van der Waals surface area (Å²) in [5.41, 5.74) is 0. The van der Waals surface area contributed by atoms with Crippen molar-refractivity contribution in [3.8, 4) is 0 Å². The van der Waals surface area contributed by atoms with Crippen molar-refractivity contribution in [1.29, 1.82) is 0 Å². The van der Waals surface area contributed by atoms with Gasteiger partial charge in [-0.1, -0.05) is 39.0 Å². The van der Waals surface area contributed by atoms with Crippen LogP contribution in [0.3, 0.4) is 0 Å². The summed E-state index contributed by atoms with van der Waals surface area (Å²) < 4.78 is 163. The van der Waals surface area contributed by atoms with E-state index in [1.807, 2.05) is 6.92 Å². The van der Waals surface area contributed by atoms with Crippen LogP contribution in [-0.2, 0) is 4.74 Å². The van der Waals surface area contributed by atoms with Crippen molar-refractivity contribution in [2.24, 2.45) is 0 Å². The van der Waals surface area contributed by atoms with Crippen LogP contribution in [0.1, 0.15) is 45.4 Å². The first-order chi connectivity index (χ1) is 13.4. The molecule has 182 valence electrons. The van der Waals surface area contributed by atoms with Crippen LogP contribution in [0.5, 0.6) is 0 Å². The zero-order chi connectivity index (χ0) is 24.1. The second-order valence-corrected chi connectivity index (χ2v) is 6.68. The maximum atomic E-state index is 13.5. The summed E-state index contributed by atoms with van der Waals surface area (Å²) in [5, 5.41) is 7.99. The number of ether oxygens (including phenoxy) is 1. The molecule has 0 aliphatic heterocycles. The van der Waals surface area contributed by atoms with Gasteiger partial charge < -0.3 is 9.84 Å². The van der Waals surface area contributed by atoms with E-state index in [9.17, 15) is 52.7 Å². The van der Waals surface area contributed by atoms with Crippen LogP contribution in [0, 0.1) is 0 Å². The molecule has 0 saturated heterocycles. The molecule has 0 atom stereocenters. The summed E-state index contributed by atoms with van der Waals surface area (Å²) in [7, 11) is 0. The summed E-state index contributed by atoms with van der Waals surface area (Å²) in [4.78, 5) is 0. The summed E-state index contributed by atoms with van der Waals surface area (Å²) in [6.07, 6.45) is 3.60. The van der Waals surface area contributed by atoms with E-state index in [4.69, 9.17) is 5.11 Å². The normalized spacial score (nSPS) is 15.0. The third-order valence-corrected chi connectivity index (χ3v) is 4.23. The Morgan fingerprint density at radius 2 is 0.967 bits per heavy atom. The van der Waals surface area contributed by atoms with Crippen LogP contribution >= 0.6 is 0 Å². The van der Waals surface area contributed by atoms with Crippen molar-refractivity contribution in [2.75, 3.05) is 19.8 Å². The number of aliphatic hydroxyl groups excluding tert-OH is 1. The van der Waals surface area contributed by atoms with E-state index in [1.54, 1.807) is 0 Å². The number of alkyl halides is 12. The topological polar surface area (TPSA) is 29.5 Å². The lowest BCUT2D eigenvalue weighted by atomic mass is 9.91. The third kappa shape index (κ3) is 5.46. The Balaban J connectivity index is 5.31. The van der Waals surface area contributed by atoms with Gasteiger partial charge in [0, 0.05) is 6.61 Å². The first kappa shape index (κ1) is 29.1. The molecule has 0 aliphatic rings. The summed E-state index contributed by atoms with van der Waals surface area (Å²) in [6, 6.07) is 0. The number of halogens is 12. The van der Waals surface area contributed by atoms with Gasteiger partial charge in [0.15, 0.2) is 0 Å². The van der Waals surface area contributed by atoms with Crippen LogP contribution in [-0.4, -0.2) is 60.5 Å².